The number of aromatic amines is 1. The van der Waals surface area contributed by atoms with E-state index in [0.29, 0.717) is 26.3 Å². The lowest BCUT2D eigenvalue weighted by molar-refractivity contribution is -0.104. The summed E-state index contributed by atoms with van der Waals surface area (Å²) in [4.78, 5) is 25.7. The zero-order valence-electron chi connectivity index (χ0n) is 17.5. The van der Waals surface area contributed by atoms with Crippen LogP contribution in [-0.2, 0) is 9.47 Å². The molecule has 1 aromatic carbocycles. The number of fused-ring (bicyclic) bond motifs is 1. The SMILES string of the molecule is CCSc1ccc(-c2cc3c(N4CCN(C(=O)OC5COC5)CC4)ccnc3[nH]2)cc1. The second-order valence-electron chi connectivity index (χ2n) is 7.75. The lowest BCUT2D eigenvalue weighted by Crippen LogP contribution is -2.51. The molecule has 1 amide bonds. The Hall–Kier alpha value is -2.71. The van der Waals surface area contributed by atoms with E-state index >= 15 is 0 Å². The molecule has 1 N–H and O–H groups in total. The van der Waals surface area contributed by atoms with Crippen LogP contribution in [0.25, 0.3) is 22.3 Å². The number of hydrogen-bond donors (Lipinski definition) is 1. The van der Waals surface area contributed by atoms with Crippen LogP contribution in [0.4, 0.5) is 10.5 Å². The molecule has 2 aliphatic rings. The van der Waals surface area contributed by atoms with Crippen molar-refractivity contribution in [2.45, 2.75) is 17.9 Å². The highest BCUT2D eigenvalue weighted by atomic mass is 32.2. The van der Waals surface area contributed by atoms with E-state index in [0.717, 1.165) is 46.8 Å². The number of anilines is 1. The number of nitrogens with zero attached hydrogens (tertiary/aromatic N) is 3. The van der Waals surface area contributed by atoms with Crippen LogP contribution in [-0.4, -0.2) is 72.2 Å². The Bertz CT molecular complexity index is 1060. The van der Waals surface area contributed by atoms with Crippen molar-refractivity contribution >= 4 is 34.6 Å². The van der Waals surface area contributed by atoms with Gasteiger partial charge in [-0.1, -0.05) is 19.1 Å². The number of benzene rings is 1. The lowest BCUT2D eigenvalue weighted by atomic mass is 10.1. The van der Waals surface area contributed by atoms with Gasteiger partial charge in [0, 0.05) is 54.0 Å². The number of carbonyl (C=O) groups is 1. The molecule has 2 aromatic heterocycles. The predicted octanol–water partition coefficient (Wildman–Crippen LogP) is 4.00. The third-order valence-electron chi connectivity index (χ3n) is 5.74. The summed E-state index contributed by atoms with van der Waals surface area (Å²) in [6.07, 6.45) is 1.52. The van der Waals surface area contributed by atoms with Gasteiger partial charge in [0.2, 0.25) is 0 Å². The maximum atomic E-state index is 12.3. The fourth-order valence-electron chi connectivity index (χ4n) is 3.97. The maximum absolute atomic E-state index is 12.3. The molecule has 162 valence electrons. The summed E-state index contributed by atoms with van der Waals surface area (Å²) in [5.41, 5.74) is 4.24. The Morgan fingerprint density at radius 1 is 1.19 bits per heavy atom. The minimum absolute atomic E-state index is 0.0849. The molecule has 0 atom stereocenters. The van der Waals surface area contributed by atoms with E-state index in [1.807, 2.05) is 18.0 Å². The van der Waals surface area contributed by atoms with Gasteiger partial charge in [0.25, 0.3) is 0 Å². The number of thioether (sulfide) groups is 1. The van der Waals surface area contributed by atoms with E-state index in [1.54, 1.807) is 4.90 Å². The van der Waals surface area contributed by atoms with Gasteiger partial charge in [-0.2, -0.15) is 0 Å². The van der Waals surface area contributed by atoms with E-state index in [1.165, 1.54) is 4.90 Å². The highest BCUT2D eigenvalue weighted by molar-refractivity contribution is 7.99. The first-order chi connectivity index (χ1) is 15.2. The van der Waals surface area contributed by atoms with Crippen molar-refractivity contribution in [3.63, 3.8) is 0 Å². The summed E-state index contributed by atoms with van der Waals surface area (Å²) in [5.74, 6) is 1.07. The van der Waals surface area contributed by atoms with E-state index < -0.39 is 0 Å². The third-order valence-corrected chi connectivity index (χ3v) is 6.63. The smallest absolute Gasteiger partial charge is 0.410 e. The summed E-state index contributed by atoms with van der Waals surface area (Å²) in [6, 6.07) is 12.9. The molecule has 0 saturated carbocycles. The number of rotatable bonds is 5. The largest absolute Gasteiger partial charge is 0.441 e. The van der Waals surface area contributed by atoms with Gasteiger partial charge in [-0.05, 0) is 35.6 Å². The minimum Gasteiger partial charge on any atom is -0.441 e. The number of hydrogen-bond acceptors (Lipinski definition) is 6. The minimum atomic E-state index is -0.235. The van der Waals surface area contributed by atoms with Crippen LogP contribution in [0.1, 0.15) is 6.92 Å². The lowest BCUT2D eigenvalue weighted by Gasteiger charge is -2.37. The highest BCUT2D eigenvalue weighted by Gasteiger charge is 2.28. The molecule has 8 heteroatoms. The molecule has 2 aliphatic heterocycles. The van der Waals surface area contributed by atoms with Gasteiger partial charge in [-0.15, -0.1) is 11.8 Å². The summed E-state index contributed by atoms with van der Waals surface area (Å²) in [6.45, 7) is 5.99. The first-order valence-electron chi connectivity index (χ1n) is 10.7. The van der Waals surface area contributed by atoms with Gasteiger partial charge in [0.15, 0.2) is 6.10 Å². The monoisotopic (exact) mass is 438 g/mol. The molecule has 0 spiro atoms. The molecule has 0 aliphatic carbocycles. The fraction of sp³-hybridized carbons (Fsp3) is 0.391. The Morgan fingerprint density at radius 2 is 1.97 bits per heavy atom. The van der Waals surface area contributed by atoms with Crippen molar-refractivity contribution in [2.75, 3.05) is 50.0 Å². The number of H-pyrrole nitrogens is 1. The Labute approximate surface area is 185 Å². The number of ether oxygens (including phenoxy) is 2. The third kappa shape index (κ3) is 4.22. The number of nitrogens with one attached hydrogen (secondary N) is 1. The van der Waals surface area contributed by atoms with Crippen LogP contribution in [0.3, 0.4) is 0 Å². The fourth-order valence-corrected chi connectivity index (χ4v) is 4.63. The molecule has 2 fully saturated rings. The standard InChI is InChI=1S/C23H26N4O3S/c1-2-31-18-5-3-16(4-6-18)20-13-19-21(7-8-24-22(19)25-20)26-9-11-27(12-10-26)23(28)30-17-14-29-15-17/h3-8,13,17H,2,9-12,14-15H2,1H3,(H,24,25). The topological polar surface area (TPSA) is 70.7 Å². The maximum Gasteiger partial charge on any atom is 0.410 e. The molecule has 7 nitrogen and oxygen atoms in total. The quantitative estimate of drug-likeness (QED) is 0.607. The molecule has 4 heterocycles. The molecular formula is C23H26N4O3S. The molecule has 0 bridgehead atoms. The average Bonchev–Trinajstić information content (AvgIpc) is 3.21. The molecular weight excluding hydrogens is 412 g/mol. The Kier molecular flexibility index (Phi) is 5.74. The van der Waals surface area contributed by atoms with Gasteiger partial charge in [-0.25, -0.2) is 9.78 Å². The van der Waals surface area contributed by atoms with Crippen molar-refractivity contribution in [1.29, 1.82) is 0 Å². The van der Waals surface area contributed by atoms with Crippen LogP contribution in [0, 0.1) is 0 Å². The van der Waals surface area contributed by atoms with Crippen LogP contribution < -0.4 is 4.90 Å². The molecule has 31 heavy (non-hydrogen) atoms. The summed E-state index contributed by atoms with van der Waals surface area (Å²) < 4.78 is 10.5. The molecule has 0 unspecified atom stereocenters. The van der Waals surface area contributed by atoms with Crippen LogP contribution >= 0.6 is 11.8 Å². The number of pyridine rings is 1. The van der Waals surface area contributed by atoms with Gasteiger partial charge in [0.1, 0.15) is 5.65 Å². The summed E-state index contributed by atoms with van der Waals surface area (Å²) >= 11 is 1.84. The normalized spacial score (nSPS) is 17.1. The molecule has 5 rings (SSSR count). The second kappa shape index (κ2) is 8.80. The van der Waals surface area contributed by atoms with Crippen LogP contribution in [0.15, 0.2) is 47.5 Å². The number of aromatic nitrogens is 2. The predicted molar refractivity (Wildman–Crippen MR) is 123 cm³/mol. The van der Waals surface area contributed by atoms with E-state index in [9.17, 15) is 4.79 Å². The second-order valence-corrected chi connectivity index (χ2v) is 9.09. The first-order valence-corrected chi connectivity index (χ1v) is 11.7. The van der Waals surface area contributed by atoms with E-state index in [2.05, 4.69) is 58.2 Å². The molecule has 3 aromatic rings. The van der Waals surface area contributed by atoms with E-state index in [-0.39, 0.29) is 12.2 Å². The number of carbonyl (C=O) groups excluding carboxylic acids is 1. The average molecular weight is 439 g/mol. The van der Waals surface area contributed by atoms with Crippen LogP contribution in [0.2, 0.25) is 0 Å². The Morgan fingerprint density at radius 3 is 2.65 bits per heavy atom. The van der Waals surface area contributed by atoms with Crippen molar-refractivity contribution in [1.82, 2.24) is 14.9 Å². The molecule has 2 saturated heterocycles. The Balaban J connectivity index is 1.31. The first kappa shape index (κ1) is 20.2. The highest BCUT2D eigenvalue weighted by Crippen LogP contribution is 2.31. The summed E-state index contributed by atoms with van der Waals surface area (Å²) in [7, 11) is 0. The van der Waals surface area contributed by atoms with Crippen molar-refractivity contribution in [3.05, 3.63) is 42.6 Å². The van der Waals surface area contributed by atoms with Crippen molar-refractivity contribution < 1.29 is 14.3 Å². The zero-order chi connectivity index (χ0) is 21.2. The van der Waals surface area contributed by atoms with Gasteiger partial charge in [0.05, 0.1) is 13.2 Å². The van der Waals surface area contributed by atoms with E-state index in [4.69, 9.17) is 9.47 Å². The number of piperazine rings is 1. The van der Waals surface area contributed by atoms with Gasteiger partial charge < -0.3 is 24.3 Å². The molecule has 0 radical (unpaired) electrons. The van der Waals surface area contributed by atoms with Crippen LogP contribution in [0.5, 0.6) is 0 Å². The van der Waals surface area contributed by atoms with Crippen molar-refractivity contribution in [2.24, 2.45) is 0 Å². The van der Waals surface area contributed by atoms with Gasteiger partial charge in [-0.3, -0.25) is 0 Å². The zero-order valence-corrected chi connectivity index (χ0v) is 18.4. The summed E-state index contributed by atoms with van der Waals surface area (Å²) in [5, 5.41) is 1.10. The van der Waals surface area contributed by atoms with Gasteiger partial charge >= 0.3 is 6.09 Å². The van der Waals surface area contributed by atoms with Crippen molar-refractivity contribution in [3.8, 4) is 11.3 Å². The number of amides is 1.